The van der Waals surface area contributed by atoms with Gasteiger partial charge in [0.05, 0.1) is 11.4 Å². The molecule has 1 aliphatic heterocycles. The summed E-state index contributed by atoms with van der Waals surface area (Å²) in [6, 6.07) is 17.8. The van der Waals surface area contributed by atoms with Gasteiger partial charge in [-0.05, 0) is 55.5 Å². The molecule has 7 nitrogen and oxygen atoms in total. The van der Waals surface area contributed by atoms with Gasteiger partial charge in [0.15, 0.2) is 12.1 Å². The fraction of sp³-hybridized carbons (Fsp3) is 0.296. The van der Waals surface area contributed by atoms with Crippen LogP contribution in [0.15, 0.2) is 66.0 Å². The number of anilines is 1. The zero-order valence-corrected chi connectivity index (χ0v) is 20.9. The van der Waals surface area contributed by atoms with E-state index in [0.29, 0.717) is 29.2 Å². The molecule has 0 aliphatic carbocycles. The van der Waals surface area contributed by atoms with Crippen LogP contribution in [0.4, 0.5) is 10.5 Å². The lowest BCUT2D eigenvalue weighted by Crippen LogP contribution is -2.48. The summed E-state index contributed by atoms with van der Waals surface area (Å²) < 4.78 is 5.79. The normalized spacial score (nSPS) is 17.2. The van der Waals surface area contributed by atoms with Crippen molar-refractivity contribution in [2.24, 2.45) is 0 Å². The largest absolute Gasteiger partial charge is 0.438 e. The molecule has 8 heteroatoms. The third-order valence-electron chi connectivity index (χ3n) is 6.10. The van der Waals surface area contributed by atoms with Gasteiger partial charge < -0.3 is 15.0 Å². The molecule has 35 heavy (non-hydrogen) atoms. The van der Waals surface area contributed by atoms with E-state index in [4.69, 9.17) is 4.74 Å². The summed E-state index contributed by atoms with van der Waals surface area (Å²) >= 11 is 1.36. The lowest BCUT2D eigenvalue weighted by Gasteiger charge is -2.29. The quantitative estimate of drug-likeness (QED) is 0.467. The molecule has 3 amide bonds. The maximum absolute atomic E-state index is 13.6. The number of aryl methyl sites for hydroxylation is 1. The summed E-state index contributed by atoms with van der Waals surface area (Å²) in [6.07, 6.45) is -1.33. The highest BCUT2D eigenvalue weighted by atomic mass is 32.1. The summed E-state index contributed by atoms with van der Waals surface area (Å²) in [5, 5.41) is 4.73. The number of nitrogens with one attached hydrogen (secondary N) is 1. The first-order valence-electron chi connectivity index (χ1n) is 11.7. The lowest BCUT2D eigenvalue weighted by molar-refractivity contribution is -0.136. The summed E-state index contributed by atoms with van der Waals surface area (Å²) in [5.41, 5.74) is 3.26. The van der Waals surface area contributed by atoms with Crippen molar-refractivity contribution < 1.29 is 19.1 Å². The first kappa shape index (κ1) is 24.5. The van der Waals surface area contributed by atoms with Crippen molar-refractivity contribution in [1.29, 1.82) is 0 Å². The summed E-state index contributed by atoms with van der Waals surface area (Å²) in [5.74, 6) is -0.372. The number of hydrogen-bond acceptors (Lipinski definition) is 5. The number of likely N-dealkylation sites (N-methyl/N-ethyl adjacent to an activating group) is 1. The van der Waals surface area contributed by atoms with Gasteiger partial charge in [-0.2, -0.15) is 0 Å². The van der Waals surface area contributed by atoms with Crippen molar-refractivity contribution in [2.75, 3.05) is 18.4 Å². The Balaban J connectivity index is 1.64. The van der Waals surface area contributed by atoms with Gasteiger partial charge in [0.1, 0.15) is 0 Å². The van der Waals surface area contributed by atoms with Gasteiger partial charge in [-0.3, -0.25) is 14.5 Å². The summed E-state index contributed by atoms with van der Waals surface area (Å²) in [7, 11) is 0. The van der Waals surface area contributed by atoms with Gasteiger partial charge in [-0.25, -0.2) is 4.79 Å². The molecule has 4 rings (SSSR count). The maximum Gasteiger partial charge on any atom is 0.411 e. The van der Waals surface area contributed by atoms with Crippen LogP contribution in [0, 0.1) is 6.92 Å². The van der Waals surface area contributed by atoms with Gasteiger partial charge in [-0.1, -0.05) is 48.0 Å². The van der Waals surface area contributed by atoms with E-state index in [2.05, 4.69) is 5.32 Å². The average Bonchev–Trinajstić information content (AvgIpc) is 3.50. The van der Waals surface area contributed by atoms with Crippen molar-refractivity contribution in [3.05, 3.63) is 87.6 Å². The average molecular weight is 492 g/mol. The number of hydrogen-bond donors (Lipinski definition) is 1. The molecule has 0 spiro atoms. The molecule has 0 bridgehead atoms. The van der Waals surface area contributed by atoms with E-state index in [0.717, 1.165) is 11.1 Å². The van der Waals surface area contributed by atoms with Crippen LogP contribution in [0.25, 0.3) is 0 Å². The SMILES string of the molecule is CCN(CC)C(=O)C1C(c2cccc(NC(=O)c3cccs3)c2)OC(=O)N1Cc1ccc(C)cc1. The van der Waals surface area contributed by atoms with E-state index < -0.39 is 18.2 Å². The highest BCUT2D eigenvalue weighted by Gasteiger charge is 2.48. The monoisotopic (exact) mass is 491 g/mol. The van der Waals surface area contributed by atoms with Crippen LogP contribution >= 0.6 is 11.3 Å². The standard InChI is InChI=1S/C27H29N3O4S/c1-4-29(5-2)26(32)23-24(34-27(33)30(23)17-19-13-11-18(3)12-14-19)20-8-6-9-21(16-20)28-25(31)22-10-7-15-35-22/h6-16,23-24H,4-5,17H2,1-3H3,(H,28,31). The highest BCUT2D eigenvalue weighted by Crippen LogP contribution is 2.36. The van der Waals surface area contributed by atoms with E-state index in [1.807, 2.05) is 62.5 Å². The second-order valence-corrected chi connectivity index (χ2v) is 9.38. The Bertz CT molecular complexity index is 1190. The molecule has 2 aromatic carbocycles. The second-order valence-electron chi connectivity index (χ2n) is 8.43. The number of rotatable bonds is 8. The number of cyclic esters (lactones) is 1. The molecule has 0 saturated carbocycles. The maximum atomic E-state index is 13.6. The van der Waals surface area contributed by atoms with E-state index in [1.54, 1.807) is 29.2 Å². The zero-order valence-electron chi connectivity index (χ0n) is 20.1. The molecule has 0 radical (unpaired) electrons. The molecule has 1 aliphatic rings. The van der Waals surface area contributed by atoms with E-state index in [9.17, 15) is 14.4 Å². The lowest BCUT2D eigenvalue weighted by atomic mass is 9.99. The first-order chi connectivity index (χ1) is 16.9. The Kier molecular flexibility index (Phi) is 7.51. The Morgan fingerprint density at radius 1 is 1.06 bits per heavy atom. The number of nitrogens with zero attached hydrogens (tertiary/aromatic N) is 2. The van der Waals surface area contributed by atoms with Gasteiger partial charge in [0, 0.05) is 18.8 Å². The molecule has 3 aromatic rings. The minimum Gasteiger partial charge on any atom is -0.438 e. The molecular formula is C27H29N3O4S. The van der Waals surface area contributed by atoms with Crippen LogP contribution < -0.4 is 5.32 Å². The molecule has 1 saturated heterocycles. The second kappa shape index (κ2) is 10.7. The first-order valence-corrected chi connectivity index (χ1v) is 12.6. The van der Waals surface area contributed by atoms with Crippen LogP contribution in [0.3, 0.4) is 0 Å². The third kappa shape index (κ3) is 5.38. The molecule has 1 aromatic heterocycles. The molecular weight excluding hydrogens is 462 g/mol. The number of thiophene rings is 1. The predicted octanol–water partition coefficient (Wildman–Crippen LogP) is 5.24. The van der Waals surface area contributed by atoms with Crippen LogP contribution in [-0.2, 0) is 16.1 Å². The minimum atomic E-state index is -0.813. The van der Waals surface area contributed by atoms with E-state index in [1.165, 1.54) is 16.2 Å². The number of ether oxygens (including phenoxy) is 1. The fourth-order valence-corrected chi connectivity index (χ4v) is 4.82. The smallest absolute Gasteiger partial charge is 0.411 e. The number of carbonyl (C=O) groups excluding carboxylic acids is 3. The van der Waals surface area contributed by atoms with Crippen LogP contribution in [0.1, 0.15) is 46.3 Å². The van der Waals surface area contributed by atoms with E-state index in [-0.39, 0.29) is 18.4 Å². The molecule has 2 heterocycles. The number of carbonyl (C=O) groups is 3. The van der Waals surface area contributed by atoms with Crippen molar-refractivity contribution in [1.82, 2.24) is 9.80 Å². The Morgan fingerprint density at radius 3 is 2.46 bits per heavy atom. The summed E-state index contributed by atoms with van der Waals surface area (Å²) in [6.45, 7) is 7.16. The molecule has 2 unspecified atom stereocenters. The highest BCUT2D eigenvalue weighted by molar-refractivity contribution is 7.12. The Labute approximate surface area is 209 Å². The zero-order chi connectivity index (χ0) is 24.9. The van der Waals surface area contributed by atoms with Gasteiger partial charge >= 0.3 is 6.09 Å². The van der Waals surface area contributed by atoms with Crippen molar-refractivity contribution in [3.8, 4) is 0 Å². The number of amides is 3. The van der Waals surface area contributed by atoms with Crippen molar-refractivity contribution in [2.45, 2.75) is 39.5 Å². The van der Waals surface area contributed by atoms with Gasteiger partial charge in [0.2, 0.25) is 5.91 Å². The molecule has 1 N–H and O–H groups in total. The number of benzene rings is 2. The Morgan fingerprint density at radius 2 is 1.80 bits per heavy atom. The van der Waals surface area contributed by atoms with Gasteiger partial charge in [0.25, 0.3) is 5.91 Å². The molecule has 182 valence electrons. The van der Waals surface area contributed by atoms with Crippen molar-refractivity contribution >= 4 is 34.9 Å². The molecule has 2 atom stereocenters. The predicted molar refractivity (Wildman–Crippen MR) is 136 cm³/mol. The van der Waals surface area contributed by atoms with Crippen LogP contribution in [-0.4, -0.2) is 46.8 Å². The minimum absolute atomic E-state index is 0.161. The molecule has 1 fully saturated rings. The van der Waals surface area contributed by atoms with Crippen LogP contribution in [0.5, 0.6) is 0 Å². The van der Waals surface area contributed by atoms with Crippen molar-refractivity contribution in [3.63, 3.8) is 0 Å². The fourth-order valence-electron chi connectivity index (χ4n) is 4.20. The van der Waals surface area contributed by atoms with Gasteiger partial charge in [-0.15, -0.1) is 11.3 Å². The van der Waals surface area contributed by atoms with E-state index >= 15 is 0 Å². The topological polar surface area (TPSA) is 79.0 Å². The Hall–Kier alpha value is -3.65. The van der Waals surface area contributed by atoms with Crippen LogP contribution in [0.2, 0.25) is 0 Å². The third-order valence-corrected chi connectivity index (χ3v) is 6.97. The summed E-state index contributed by atoms with van der Waals surface area (Å²) in [4.78, 5) is 43.0.